The van der Waals surface area contributed by atoms with Crippen molar-refractivity contribution in [2.24, 2.45) is 0 Å². The molecule has 0 aliphatic carbocycles. The Morgan fingerprint density at radius 2 is 2.12 bits per heavy atom. The summed E-state index contributed by atoms with van der Waals surface area (Å²) in [6, 6.07) is 0.882. The topological polar surface area (TPSA) is 74.8 Å². The first-order valence-electron chi connectivity index (χ1n) is 8.11. The molecule has 3 heterocycles. The fourth-order valence-electron chi connectivity index (χ4n) is 2.98. The second-order valence-corrected chi connectivity index (χ2v) is 6.06. The third-order valence-corrected chi connectivity index (χ3v) is 4.31. The highest BCUT2D eigenvalue weighted by atomic mass is 19.1. The molecule has 0 unspecified atom stereocenters. The summed E-state index contributed by atoms with van der Waals surface area (Å²) in [5, 5.41) is 2.78. The SMILES string of the molecule is O=C(N[C@@H]1CC(=O)N(CCN2CCOCC2)C1)c1cncc(F)c1. The summed E-state index contributed by atoms with van der Waals surface area (Å²) in [5.41, 5.74) is 0.161. The highest BCUT2D eigenvalue weighted by Gasteiger charge is 2.31. The Morgan fingerprint density at radius 1 is 1.33 bits per heavy atom. The molecule has 1 aromatic rings. The van der Waals surface area contributed by atoms with Gasteiger partial charge in [0.2, 0.25) is 5.91 Å². The van der Waals surface area contributed by atoms with Gasteiger partial charge in [-0.1, -0.05) is 0 Å². The average Bonchev–Trinajstić information content (AvgIpc) is 2.93. The van der Waals surface area contributed by atoms with E-state index in [0.29, 0.717) is 13.1 Å². The van der Waals surface area contributed by atoms with Gasteiger partial charge in [-0.3, -0.25) is 19.5 Å². The number of nitrogens with zero attached hydrogens (tertiary/aromatic N) is 3. The number of likely N-dealkylation sites (tertiary alicyclic amines) is 1. The van der Waals surface area contributed by atoms with Gasteiger partial charge in [-0.15, -0.1) is 0 Å². The van der Waals surface area contributed by atoms with Crippen LogP contribution in [0.15, 0.2) is 18.5 Å². The summed E-state index contributed by atoms with van der Waals surface area (Å²) >= 11 is 0. The maximum Gasteiger partial charge on any atom is 0.253 e. The van der Waals surface area contributed by atoms with Gasteiger partial charge in [-0.05, 0) is 6.07 Å². The van der Waals surface area contributed by atoms with E-state index in [-0.39, 0.29) is 23.9 Å². The summed E-state index contributed by atoms with van der Waals surface area (Å²) in [6.45, 7) is 5.17. The molecule has 130 valence electrons. The minimum Gasteiger partial charge on any atom is -0.379 e. The van der Waals surface area contributed by atoms with Crippen molar-refractivity contribution in [2.45, 2.75) is 12.5 Å². The first kappa shape index (κ1) is 16.8. The van der Waals surface area contributed by atoms with E-state index in [2.05, 4.69) is 15.2 Å². The van der Waals surface area contributed by atoms with Gasteiger partial charge in [0.1, 0.15) is 5.82 Å². The van der Waals surface area contributed by atoms with Crippen molar-refractivity contribution in [3.63, 3.8) is 0 Å². The van der Waals surface area contributed by atoms with Crippen LogP contribution in [0.2, 0.25) is 0 Å². The van der Waals surface area contributed by atoms with Gasteiger partial charge >= 0.3 is 0 Å². The largest absolute Gasteiger partial charge is 0.379 e. The molecule has 7 nitrogen and oxygen atoms in total. The predicted octanol–water partition coefficient (Wildman–Crippen LogP) is -0.116. The van der Waals surface area contributed by atoms with Crippen LogP contribution >= 0.6 is 0 Å². The zero-order valence-electron chi connectivity index (χ0n) is 13.4. The average molecular weight is 336 g/mol. The molecule has 8 heteroatoms. The predicted molar refractivity (Wildman–Crippen MR) is 83.9 cm³/mol. The Morgan fingerprint density at radius 3 is 2.88 bits per heavy atom. The Kier molecular flexibility index (Phi) is 5.37. The summed E-state index contributed by atoms with van der Waals surface area (Å²) in [5.74, 6) is -0.932. The number of aromatic nitrogens is 1. The molecule has 0 aromatic carbocycles. The van der Waals surface area contributed by atoms with Crippen molar-refractivity contribution in [1.29, 1.82) is 0 Å². The van der Waals surface area contributed by atoms with Crippen LogP contribution in [-0.2, 0) is 9.53 Å². The molecule has 3 rings (SSSR count). The number of carbonyl (C=O) groups excluding carboxylic acids is 2. The van der Waals surface area contributed by atoms with Crippen molar-refractivity contribution < 1.29 is 18.7 Å². The fourth-order valence-corrected chi connectivity index (χ4v) is 2.98. The van der Waals surface area contributed by atoms with Gasteiger partial charge in [0, 0.05) is 45.3 Å². The van der Waals surface area contributed by atoms with E-state index < -0.39 is 11.7 Å². The van der Waals surface area contributed by atoms with Crippen molar-refractivity contribution in [3.05, 3.63) is 29.8 Å². The Hall–Kier alpha value is -2.06. The number of nitrogens with one attached hydrogen (secondary N) is 1. The molecule has 24 heavy (non-hydrogen) atoms. The van der Waals surface area contributed by atoms with E-state index >= 15 is 0 Å². The molecule has 1 N–H and O–H groups in total. The van der Waals surface area contributed by atoms with Crippen LogP contribution in [0.5, 0.6) is 0 Å². The van der Waals surface area contributed by atoms with Crippen LogP contribution in [0.4, 0.5) is 4.39 Å². The zero-order valence-corrected chi connectivity index (χ0v) is 13.4. The quantitative estimate of drug-likeness (QED) is 0.812. The second kappa shape index (κ2) is 7.67. The fraction of sp³-hybridized carbons (Fsp3) is 0.562. The van der Waals surface area contributed by atoms with Gasteiger partial charge in [-0.25, -0.2) is 4.39 Å². The highest BCUT2D eigenvalue weighted by molar-refractivity contribution is 5.94. The summed E-state index contributed by atoms with van der Waals surface area (Å²) in [7, 11) is 0. The lowest BCUT2D eigenvalue weighted by molar-refractivity contribution is -0.128. The van der Waals surface area contributed by atoms with Crippen LogP contribution in [0.1, 0.15) is 16.8 Å². The third-order valence-electron chi connectivity index (χ3n) is 4.31. The molecule has 0 bridgehead atoms. The summed E-state index contributed by atoms with van der Waals surface area (Å²) in [4.78, 5) is 31.9. The van der Waals surface area contributed by atoms with E-state index in [0.717, 1.165) is 45.1 Å². The van der Waals surface area contributed by atoms with Crippen molar-refractivity contribution in [3.8, 4) is 0 Å². The Bertz CT molecular complexity index is 607. The zero-order chi connectivity index (χ0) is 16.9. The summed E-state index contributed by atoms with van der Waals surface area (Å²) < 4.78 is 18.4. The number of amides is 2. The third kappa shape index (κ3) is 4.27. The second-order valence-electron chi connectivity index (χ2n) is 6.06. The molecule has 2 amide bonds. The molecule has 1 aromatic heterocycles. The monoisotopic (exact) mass is 336 g/mol. The lowest BCUT2D eigenvalue weighted by Crippen LogP contribution is -2.42. The van der Waals surface area contributed by atoms with Crippen molar-refractivity contribution in [2.75, 3.05) is 45.9 Å². The van der Waals surface area contributed by atoms with E-state index in [1.807, 2.05) is 0 Å². The molecule has 1 atom stereocenters. The highest BCUT2D eigenvalue weighted by Crippen LogP contribution is 2.12. The van der Waals surface area contributed by atoms with Gasteiger partial charge in [0.15, 0.2) is 0 Å². The minimum absolute atomic E-state index is 0.0333. The van der Waals surface area contributed by atoms with Crippen LogP contribution < -0.4 is 5.32 Å². The number of carbonyl (C=O) groups is 2. The Labute approximate surface area is 139 Å². The Balaban J connectivity index is 1.48. The first-order chi connectivity index (χ1) is 11.6. The van der Waals surface area contributed by atoms with Crippen molar-refractivity contribution in [1.82, 2.24) is 20.1 Å². The molecule has 2 saturated heterocycles. The maximum atomic E-state index is 13.1. The van der Waals surface area contributed by atoms with E-state index in [9.17, 15) is 14.0 Å². The van der Waals surface area contributed by atoms with E-state index in [1.165, 1.54) is 6.20 Å². The normalized spacial score (nSPS) is 22.0. The molecular formula is C16H21FN4O3. The van der Waals surface area contributed by atoms with Crippen LogP contribution in [-0.4, -0.2) is 78.6 Å². The number of morpholine rings is 1. The van der Waals surface area contributed by atoms with Gasteiger partial charge in [-0.2, -0.15) is 0 Å². The molecule has 0 saturated carbocycles. The van der Waals surface area contributed by atoms with Gasteiger partial charge in [0.25, 0.3) is 5.91 Å². The first-order valence-corrected chi connectivity index (χ1v) is 8.11. The number of rotatable bonds is 5. The lowest BCUT2D eigenvalue weighted by Gasteiger charge is -2.28. The molecule has 2 aliphatic heterocycles. The van der Waals surface area contributed by atoms with Crippen LogP contribution in [0.3, 0.4) is 0 Å². The maximum absolute atomic E-state index is 13.1. The minimum atomic E-state index is -0.558. The number of halogens is 1. The molecule has 2 aliphatic rings. The number of ether oxygens (including phenoxy) is 1. The molecule has 0 spiro atoms. The summed E-state index contributed by atoms with van der Waals surface area (Å²) in [6.07, 6.45) is 2.63. The number of hydrogen-bond donors (Lipinski definition) is 1. The van der Waals surface area contributed by atoms with E-state index in [4.69, 9.17) is 4.74 Å². The standard InChI is InChI=1S/C16H21FN4O3/c17-13-7-12(9-18-10-13)16(23)19-14-8-15(22)21(11-14)2-1-20-3-5-24-6-4-20/h7,9-10,14H,1-6,8,11H2,(H,19,23)/t14-/m1/s1. The number of hydrogen-bond acceptors (Lipinski definition) is 5. The van der Waals surface area contributed by atoms with Crippen LogP contribution in [0, 0.1) is 5.82 Å². The molecule has 2 fully saturated rings. The van der Waals surface area contributed by atoms with Crippen LogP contribution in [0.25, 0.3) is 0 Å². The lowest BCUT2D eigenvalue weighted by atomic mass is 10.2. The van der Waals surface area contributed by atoms with Crippen molar-refractivity contribution >= 4 is 11.8 Å². The van der Waals surface area contributed by atoms with Gasteiger partial charge < -0.3 is 15.0 Å². The van der Waals surface area contributed by atoms with Gasteiger partial charge in [0.05, 0.1) is 31.0 Å². The molecule has 0 radical (unpaired) electrons. The van der Waals surface area contributed by atoms with E-state index in [1.54, 1.807) is 4.90 Å². The number of pyridine rings is 1. The smallest absolute Gasteiger partial charge is 0.253 e. The molecular weight excluding hydrogens is 315 g/mol.